The number of hydrogen-bond donors (Lipinski definition) is 4. The number of aliphatic hydroxyl groups is 2. The summed E-state index contributed by atoms with van der Waals surface area (Å²) >= 11 is 0. The van der Waals surface area contributed by atoms with Crippen LogP contribution in [0, 0.1) is 0 Å². The minimum absolute atomic E-state index is 0.00356. The van der Waals surface area contributed by atoms with E-state index in [0.717, 1.165) is 19.3 Å². The lowest BCUT2D eigenvalue weighted by molar-refractivity contribution is -0.124. The van der Waals surface area contributed by atoms with Gasteiger partial charge in [0.25, 0.3) is 0 Å². The number of hydrogen-bond acceptors (Lipinski definition) is 4. The predicted octanol–water partition coefficient (Wildman–Crippen LogP) is -1.27. The van der Waals surface area contributed by atoms with Gasteiger partial charge in [0.2, 0.25) is 5.91 Å². The molecule has 0 unspecified atom stereocenters. The number of rotatable bonds is 3. The first-order valence-electron chi connectivity index (χ1n) is 4.98. The van der Waals surface area contributed by atoms with E-state index in [1.807, 2.05) is 0 Å². The van der Waals surface area contributed by atoms with E-state index in [4.69, 9.17) is 10.8 Å². The summed E-state index contributed by atoms with van der Waals surface area (Å²) in [7, 11) is 0. The van der Waals surface area contributed by atoms with Gasteiger partial charge in [0.05, 0.1) is 12.7 Å². The summed E-state index contributed by atoms with van der Waals surface area (Å²) < 4.78 is 0. The Kier molecular flexibility index (Phi) is 4.31. The minimum Gasteiger partial charge on any atom is -0.394 e. The fourth-order valence-electron chi connectivity index (χ4n) is 1.69. The topological polar surface area (TPSA) is 95.6 Å². The van der Waals surface area contributed by atoms with Crippen LogP contribution in [0.25, 0.3) is 0 Å². The SMILES string of the molecule is N[C@H](CO)C(=O)N[C@@H]1CCC[C@H](O)C1. The molecule has 1 rings (SSSR count). The molecule has 5 nitrogen and oxygen atoms in total. The second-order valence-corrected chi connectivity index (χ2v) is 3.82. The Morgan fingerprint density at radius 3 is 2.86 bits per heavy atom. The van der Waals surface area contributed by atoms with Crippen LogP contribution in [0.2, 0.25) is 0 Å². The maximum absolute atomic E-state index is 11.3. The molecule has 1 amide bonds. The summed E-state index contributed by atoms with van der Waals surface area (Å²) in [6.07, 6.45) is 2.86. The van der Waals surface area contributed by atoms with Crippen LogP contribution in [-0.4, -0.2) is 40.9 Å². The van der Waals surface area contributed by atoms with E-state index in [-0.39, 0.29) is 24.7 Å². The van der Waals surface area contributed by atoms with E-state index in [1.165, 1.54) is 0 Å². The molecule has 5 heteroatoms. The highest BCUT2D eigenvalue weighted by molar-refractivity contribution is 5.81. The Labute approximate surface area is 83.3 Å². The maximum atomic E-state index is 11.3. The van der Waals surface area contributed by atoms with Crippen molar-refractivity contribution in [2.45, 2.75) is 43.9 Å². The molecule has 82 valence electrons. The van der Waals surface area contributed by atoms with E-state index < -0.39 is 6.04 Å². The van der Waals surface area contributed by atoms with E-state index >= 15 is 0 Å². The zero-order valence-electron chi connectivity index (χ0n) is 8.15. The van der Waals surface area contributed by atoms with Crippen molar-refractivity contribution in [3.8, 4) is 0 Å². The highest BCUT2D eigenvalue weighted by Crippen LogP contribution is 2.18. The molecule has 1 saturated carbocycles. The van der Waals surface area contributed by atoms with Crippen LogP contribution in [0.4, 0.5) is 0 Å². The lowest BCUT2D eigenvalue weighted by Gasteiger charge is -2.27. The third-order valence-electron chi connectivity index (χ3n) is 2.53. The number of nitrogens with one attached hydrogen (secondary N) is 1. The Balaban J connectivity index is 2.32. The zero-order chi connectivity index (χ0) is 10.6. The largest absolute Gasteiger partial charge is 0.394 e. The van der Waals surface area contributed by atoms with Crippen LogP contribution in [-0.2, 0) is 4.79 Å². The first-order valence-corrected chi connectivity index (χ1v) is 4.98. The molecule has 0 aliphatic heterocycles. The summed E-state index contributed by atoms with van der Waals surface area (Å²) in [6.45, 7) is -0.346. The van der Waals surface area contributed by atoms with Gasteiger partial charge in [-0.3, -0.25) is 4.79 Å². The molecule has 0 heterocycles. The van der Waals surface area contributed by atoms with E-state index in [2.05, 4.69) is 5.32 Å². The molecule has 1 aliphatic carbocycles. The van der Waals surface area contributed by atoms with E-state index in [1.54, 1.807) is 0 Å². The molecule has 14 heavy (non-hydrogen) atoms. The normalized spacial score (nSPS) is 29.6. The van der Waals surface area contributed by atoms with Crippen LogP contribution in [0.15, 0.2) is 0 Å². The van der Waals surface area contributed by atoms with Gasteiger partial charge in [-0.1, -0.05) is 0 Å². The van der Waals surface area contributed by atoms with Crippen LogP contribution < -0.4 is 11.1 Å². The van der Waals surface area contributed by atoms with Crippen LogP contribution in [0.1, 0.15) is 25.7 Å². The summed E-state index contributed by atoms with van der Waals surface area (Å²) in [6, 6.07) is -0.849. The van der Waals surface area contributed by atoms with Gasteiger partial charge in [0.15, 0.2) is 0 Å². The van der Waals surface area contributed by atoms with Gasteiger partial charge < -0.3 is 21.3 Å². The Morgan fingerprint density at radius 1 is 1.57 bits per heavy atom. The molecule has 0 saturated heterocycles. The average molecular weight is 202 g/mol. The molecule has 5 N–H and O–H groups in total. The number of amides is 1. The van der Waals surface area contributed by atoms with Crippen molar-refractivity contribution in [1.82, 2.24) is 5.32 Å². The summed E-state index contributed by atoms with van der Waals surface area (Å²) in [5.74, 6) is -0.341. The van der Waals surface area contributed by atoms with Crippen LogP contribution in [0.3, 0.4) is 0 Å². The van der Waals surface area contributed by atoms with Crippen molar-refractivity contribution in [2.75, 3.05) is 6.61 Å². The predicted molar refractivity (Wildman–Crippen MR) is 51.5 cm³/mol. The van der Waals surface area contributed by atoms with Crippen molar-refractivity contribution in [3.05, 3.63) is 0 Å². The number of carbonyl (C=O) groups excluding carboxylic acids is 1. The zero-order valence-corrected chi connectivity index (χ0v) is 8.15. The van der Waals surface area contributed by atoms with Crippen molar-refractivity contribution < 1.29 is 15.0 Å². The summed E-state index contributed by atoms with van der Waals surface area (Å²) in [5.41, 5.74) is 5.34. The number of carbonyl (C=O) groups is 1. The maximum Gasteiger partial charge on any atom is 0.239 e. The number of aliphatic hydroxyl groups excluding tert-OH is 2. The average Bonchev–Trinajstić information content (AvgIpc) is 2.16. The van der Waals surface area contributed by atoms with Gasteiger partial charge in [0, 0.05) is 6.04 Å². The third-order valence-corrected chi connectivity index (χ3v) is 2.53. The summed E-state index contributed by atoms with van der Waals surface area (Å²) in [4.78, 5) is 11.3. The molecule has 0 aromatic rings. The first kappa shape index (κ1) is 11.4. The minimum atomic E-state index is -0.853. The van der Waals surface area contributed by atoms with Gasteiger partial charge in [-0.25, -0.2) is 0 Å². The fraction of sp³-hybridized carbons (Fsp3) is 0.889. The lowest BCUT2D eigenvalue weighted by Crippen LogP contribution is -2.48. The smallest absolute Gasteiger partial charge is 0.239 e. The van der Waals surface area contributed by atoms with Crippen molar-refractivity contribution in [3.63, 3.8) is 0 Å². The second-order valence-electron chi connectivity index (χ2n) is 3.82. The standard InChI is InChI=1S/C9H18N2O3/c10-8(5-12)9(14)11-6-2-1-3-7(13)4-6/h6-8,12-13H,1-5,10H2,(H,11,14)/t6-,7+,8-/m1/s1. The molecule has 0 aromatic carbocycles. The molecular weight excluding hydrogens is 184 g/mol. The number of nitrogens with two attached hydrogens (primary N) is 1. The molecule has 3 atom stereocenters. The highest BCUT2D eigenvalue weighted by Gasteiger charge is 2.23. The molecular formula is C9H18N2O3. The Morgan fingerprint density at radius 2 is 2.29 bits per heavy atom. The monoisotopic (exact) mass is 202 g/mol. The highest BCUT2D eigenvalue weighted by atomic mass is 16.3. The van der Waals surface area contributed by atoms with Crippen molar-refractivity contribution >= 4 is 5.91 Å². The lowest BCUT2D eigenvalue weighted by atomic mass is 9.93. The van der Waals surface area contributed by atoms with E-state index in [0.29, 0.717) is 6.42 Å². The van der Waals surface area contributed by atoms with Gasteiger partial charge in [-0.15, -0.1) is 0 Å². The van der Waals surface area contributed by atoms with E-state index in [9.17, 15) is 9.90 Å². The fourth-order valence-corrected chi connectivity index (χ4v) is 1.69. The quantitative estimate of drug-likeness (QED) is 0.458. The Hall–Kier alpha value is -0.650. The van der Waals surface area contributed by atoms with Gasteiger partial charge in [-0.05, 0) is 25.7 Å². The molecule has 1 aliphatic rings. The van der Waals surface area contributed by atoms with Crippen LogP contribution >= 0.6 is 0 Å². The second kappa shape index (κ2) is 5.29. The Bertz CT molecular complexity index is 198. The molecule has 0 radical (unpaired) electrons. The van der Waals surface area contributed by atoms with Crippen molar-refractivity contribution in [2.24, 2.45) is 5.73 Å². The van der Waals surface area contributed by atoms with Crippen LogP contribution in [0.5, 0.6) is 0 Å². The first-order chi connectivity index (χ1) is 6.63. The van der Waals surface area contributed by atoms with Gasteiger partial charge in [-0.2, -0.15) is 0 Å². The third kappa shape index (κ3) is 3.25. The van der Waals surface area contributed by atoms with Crippen molar-refractivity contribution in [1.29, 1.82) is 0 Å². The molecule has 0 bridgehead atoms. The molecule has 0 spiro atoms. The summed E-state index contributed by atoms with van der Waals surface area (Å²) in [5, 5.41) is 20.7. The van der Waals surface area contributed by atoms with Gasteiger partial charge >= 0.3 is 0 Å². The molecule has 0 aromatic heterocycles. The molecule has 1 fully saturated rings. The van der Waals surface area contributed by atoms with Gasteiger partial charge in [0.1, 0.15) is 6.04 Å².